The summed E-state index contributed by atoms with van der Waals surface area (Å²) in [5.74, 6) is -0.813. The summed E-state index contributed by atoms with van der Waals surface area (Å²) in [6, 6.07) is 6.24. The molecule has 14 heteroatoms. The van der Waals surface area contributed by atoms with Gasteiger partial charge < -0.3 is 9.47 Å². The van der Waals surface area contributed by atoms with Crippen LogP contribution in [0.5, 0.6) is 17.4 Å². The Kier molecular flexibility index (Phi) is 6.99. The predicted molar refractivity (Wildman–Crippen MR) is 112 cm³/mol. The van der Waals surface area contributed by atoms with Gasteiger partial charge in [-0.15, -0.1) is 0 Å². The molecule has 0 unspecified atom stereocenters. The van der Waals surface area contributed by atoms with Crippen molar-refractivity contribution in [2.45, 2.75) is 12.8 Å². The molecule has 1 heterocycles. The number of aromatic nitrogens is 2. The average Bonchev–Trinajstić information content (AvgIpc) is 2.98. The topological polar surface area (TPSA) is 79.4 Å². The van der Waals surface area contributed by atoms with Crippen LogP contribution >= 0.6 is 46.4 Å². The van der Waals surface area contributed by atoms with Gasteiger partial charge in [-0.2, -0.15) is 18.3 Å². The normalized spacial score (nSPS) is 11.5. The van der Waals surface area contributed by atoms with Gasteiger partial charge in [0.2, 0.25) is 11.6 Å². The smallest absolute Gasteiger partial charge is 0.435 e. The van der Waals surface area contributed by atoms with Crippen LogP contribution in [0, 0.1) is 10.1 Å². The molecule has 7 nitrogen and oxygen atoms in total. The van der Waals surface area contributed by atoms with E-state index in [-0.39, 0.29) is 31.7 Å². The quantitative estimate of drug-likeness (QED) is 0.246. The van der Waals surface area contributed by atoms with Gasteiger partial charge in [-0.3, -0.25) is 10.1 Å². The van der Waals surface area contributed by atoms with Crippen molar-refractivity contribution in [3.05, 3.63) is 71.8 Å². The molecular formula is C18H10Cl4F3N3O4. The molecule has 0 spiro atoms. The van der Waals surface area contributed by atoms with Gasteiger partial charge in [-0.25, -0.2) is 4.68 Å². The third kappa shape index (κ3) is 5.15. The molecule has 3 aromatic rings. The third-order valence-electron chi connectivity index (χ3n) is 4.00. The zero-order chi connectivity index (χ0) is 23.8. The van der Waals surface area contributed by atoms with E-state index in [1.165, 1.54) is 25.2 Å². The van der Waals surface area contributed by atoms with Gasteiger partial charge in [0.1, 0.15) is 12.4 Å². The van der Waals surface area contributed by atoms with E-state index in [1.54, 1.807) is 0 Å². The number of nitro groups is 1. The number of hydrogen-bond acceptors (Lipinski definition) is 5. The molecule has 3 rings (SSSR count). The van der Waals surface area contributed by atoms with Crippen molar-refractivity contribution in [1.29, 1.82) is 0 Å². The Balaban J connectivity index is 2.05. The molecule has 32 heavy (non-hydrogen) atoms. The highest BCUT2D eigenvalue weighted by Crippen LogP contribution is 2.42. The van der Waals surface area contributed by atoms with Crippen LogP contribution < -0.4 is 9.47 Å². The first-order valence-corrected chi connectivity index (χ1v) is 9.92. The molecule has 0 radical (unpaired) electrons. The molecule has 0 atom stereocenters. The molecule has 0 amide bonds. The van der Waals surface area contributed by atoms with Crippen molar-refractivity contribution in [3.63, 3.8) is 0 Å². The molecule has 0 aliphatic rings. The Morgan fingerprint density at radius 3 is 2.34 bits per heavy atom. The van der Waals surface area contributed by atoms with Crippen LogP contribution in [0.2, 0.25) is 20.1 Å². The second-order valence-corrected chi connectivity index (χ2v) is 7.90. The van der Waals surface area contributed by atoms with E-state index < -0.39 is 40.4 Å². The SMILES string of the molecule is Cn1nc(C(F)(F)F)c(COc2c(Cl)cc(Cl)cc2[N+](=O)[O-])c1Oc1ccc(Cl)cc1Cl. The van der Waals surface area contributed by atoms with Crippen LogP contribution in [0.15, 0.2) is 30.3 Å². The molecule has 170 valence electrons. The summed E-state index contributed by atoms with van der Waals surface area (Å²) in [6.45, 7) is -0.814. The van der Waals surface area contributed by atoms with Crippen molar-refractivity contribution in [2.75, 3.05) is 0 Å². The molecule has 0 N–H and O–H groups in total. The highest BCUT2D eigenvalue weighted by Gasteiger charge is 2.40. The monoisotopic (exact) mass is 529 g/mol. The van der Waals surface area contributed by atoms with Crippen molar-refractivity contribution in [2.24, 2.45) is 7.05 Å². The first-order chi connectivity index (χ1) is 14.9. The predicted octanol–water partition coefficient (Wildman–Crippen LogP) is 7.33. The van der Waals surface area contributed by atoms with Gasteiger partial charge in [-0.05, 0) is 24.3 Å². The average molecular weight is 531 g/mol. The lowest BCUT2D eigenvalue weighted by Gasteiger charge is -2.13. The Hall–Kier alpha value is -2.40. The van der Waals surface area contributed by atoms with Crippen LogP contribution in [0.1, 0.15) is 11.3 Å². The fourth-order valence-electron chi connectivity index (χ4n) is 2.67. The molecule has 0 saturated heterocycles. The third-order valence-corrected chi connectivity index (χ3v) is 5.03. The van der Waals surface area contributed by atoms with E-state index >= 15 is 0 Å². The summed E-state index contributed by atoms with van der Waals surface area (Å²) >= 11 is 23.6. The Morgan fingerprint density at radius 2 is 1.75 bits per heavy atom. The lowest BCUT2D eigenvalue weighted by atomic mass is 10.2. The number of hydrogen-bond donors (Lipinski definition) is 0. The van der Waals surface area contributed by atoms with Gasteiger partial charge in [0, 0.05) is 23.2 Å². The molecule has 0 fully saturated rings. The van der Waals surface area contributed by atoms with Crippen molar-refractivity contribution < 1.29 is 27.6 Å². The number of nitrogens with zero attached hydrogens (tertiary/aromatic N) is 3. The largest absolute Gasteiger partial charge is 0.481 e. The summed E-state index contributed by atoms with van der Waals surface area (Å²) in [5, 5.41) is 14.8. The maximum absolute atomic E-state index is 13.6. The van der Waals surface area contributed by atoms with Crippen molar-refractivity contribution in [1.82, 2.24) is 9.78 Å². The molecule has 0 aliphatic carbocycles. The summed E-state index contributed by atoms with van der Waals surface area (Å²) < 4.78 is 52.5. The minimum atomic E-state index is -4.88. The van der Waals surface area contributed by atoms with E-state index in [0.29, 0.717) is 0 Å². The summed E-state index contributed by atoms with van der Waals surface area (Å²) in [4.78, 5) is 10.5. The lowest BCUT2D eigenvalue weighted by Crippen LogP contribution is -2.11. The second-order valence-electron chi connectivity index (χ2n) is 6.21. The minimum absolute atomic E-state index is 0.00421. The van der Waals surface area contributed by atoms with Crippen LogP contribution in [0.3, 0.4) is 0 Å². The number of nitro benzene ring substituents is 1. The Bertz CT molecular complexity index is 1200. The van der Waals surface area contributed by atoms with E-state index in [0.717, 1.165) is 16.8 Å². The maximum atomic E-state index is 13.6. The van der Waals surface area contributed by atoms with E-state index in [9.17, 15) is 23.3 Å². The number of ether oxygens (including phenoxy) is 2. The molecule has 0 saturated carbocycles. The van der Waals surface area contributed by atoms with E-state index in [4.69, 9.17) is 55.9 Å². The first-order valence-electron chi connectivity index (χ1n) is 8.40. The van der Waals surface area contributed by atoms with Gasteiger partial charge in [0.05, 0.1) is 20.5 Å². The van der Waals surface area contributed by atoms with Crippen molar-refractivity contribution >= 4 is 52.1 Å². The number of alkyl halides is 3. The molecule has 0 bridgehead atoms. The molecule has 1 aromatic heterocycles. The number of halogens is 7. The van der Waals surface area contributed by atoms with Crippen LogP contribution in [0.25, 0.3) is 0 Å². The number of rotatable bonds is 6. The van der Waals surface area contributed by atoms with Crippen LogP contribution in [0.4, 0.5) is 18.9 Å². The Morgan fingerprint density at radius 1 is 1.09 bits per heavy atom. The standard InChI is InChI=1S/C18H10Cl4F3N3O4/c1-27-17(32-14-3-2-8(19)4-11(14)21)10(16(26-27)18(23,24)25)7-31-15-12(22)5-9(20)6-13(15)28(29)30/h2-6H,7H2,1H3. The zero-order valence-electron chi connectivity index (χ0n) is 15.7. The fraction of sp³-hybridized carbons (Fsp3) is 0.167. The summed E-state index contributed by atoms with van der Waals surface area (Å²) in [7, 11) is 1.22. The van der Waals surface area contributed by atoms with E-state index in [2.05, 4.69) is 5.10 Å². The summed E-state index contributed by atoms with van der Waals surface area (Å²) in [5.41, 5.74) is -2.47. The van der Waals surface area contributed by atoms with Crippen LogP contribution in [-0.2, 0) is 19.8 Å². The maximum Gasteiger partial charge on any atom is 0.435 e. The molecule has 0 aliphatic heterocycles. The van der Waals surface area contributed by atoms with Gasteiger partial charge in [0.25, 0.3) is 0 Å². The van der Waals surface area contributed by atoms with E-state index in [1.807, 2.05) is 0 Å². The number of benzene rings is 2. The highest BCUT2D eigenvalue weighted by molar-refractivity contribution is 6.36. The minimum Gasteiger partial charge on any atom is -0.481 e. The molecular weight excluding hydrogens is 521 g/mol. The Labute approximate surface area is 198 Å². The van der Waals surface area contributed by atoms with Gasteiger partial charge >= 0.3 is 11.9 Å². The number of aryl methyl sites for hydroxylation is 1. The second kappa shape index (κ2) is 9.22. The lowest BCUT2D eigenvalue weighted by molar-refractivity contribution is -0.385. The van der Waals surface area contributed by atoms with Crippen LogP contribution in [-0.4, -0.2) is 14.7 Å². The first kappa shape index (κ1) is 24.2. The van der Waals surface area contributed by atoms with Gasteiger partial charge in [-0.1, -0.05) is 46.4 Å². The van der Waals surface area contributed by atoms with Crippen molar-refractivity contribution in [3.8, 4) is 17.4 Å². The fourth-order valence-corrected chi connectivity index (χ4v) is 3.65. The van der Waals surface area contributed by atoms with Gasteiger partial charge in [0.15, 0.2) is 5.69 Å². The highest BCUT2D eigenvalue weighted by atomic mass is 35.5. The summed E-state index contributed by atoms with van der Waals surface area (Å²) in [6.07, 6.45) is -4.88. The zero-order valence-corrected chi connectivity index (χ0v) is 18.7. The molecule has 2 aromatic carbocycles.